The standard InChI is InChI=1S/C26H38O2/c1-19-15-21(9-11-23(19)25(3,4)5)17-27-13-14-28-18-22-10-12-24(20(2)16-22)26(6,7)8/h9-12,15-16H,13-14,17-18H2,1-8H3. The van der Waals surface area contributed by atoms with Gasteiger partial charge in [-0.3, -0.25) is 0 Å². The first-order valence-corrected chi connectivity index (χ1v) is 10.3. The van der Waals surface area contributed by atoms with Gasteiger partial charge in [0.2, 0.25) is 0 Å². The molecule has 0 heterocycles. The number of ether oxygens (including phenoxy) is 2. The normalized spacial score (nSPS) is 12.4. The van der Waals surface area contributed by atoms with Gasteiger partial charge in [0, 0.05) is 0 Å². The predicted molar refractivity (Wildman–Crippen MR) is 119 cm³/mol. The quantitative estimate of drug-likeness (QED) is 0.500. The van der Waals surface area contributed by atoms with Gasteiger partial charge in [-0.1, -0.05) is 77.9 Å². The molecule has 0 unspecified atom stereocenters. The van der Waals surface area contributed by atoms with Gasteiger partial charge >= 0.3 is 0 Å². The molecule has 2 rings (SSSR count). The molecule has 154 valence electrons. The van der Waals surface area contributed by atoms with Gasteiger partial charge in [0.05, 0.1) is 26.4 Å². The summed E-state index contributed by atoms with van der Waals surface area (Å²) in [5.41, 5.74) is 8.26. The van der Waals surface area contributed by atoms with E-state index in [0.717, 1.165) is 0 Å². The summed E-state index contributed by atoms with van der Waals surface area (Å²) in [5, 5.41) is 0. The highest BCUT2D eigenvalue weighted by Gasteiger charge is 2.17. The van der Waals surface area contributed by atoms with E-state index in [1.165, 1.54) is 33.4 Å². The maximum Gasteiger partial charge on any atom is 0.0718 e. The average molecular weight is 383 g/mol. The zero-order valence-electron chi connectivity index (χ0n) is 19.1. The number of hydrogen-bond acceptors (Lipinski definition) is 2. The van der Waals surface area contributed by atoms with E-state index in [4.69, 9.17) is 9.47 Å². The summed E-state index contributed by atoms with van der Waals surface area (Å²) >= 11 is 0. The summed E-state index contributed by atoms with van der Waals surface area (Å²) in [5.74, 6) is 0. The van der Waals surface area contributed by atoms with Crippen molar-refractivity contribution in [1.29, 1.82) is 0 Å². The Bertz CT molecular complexity index is 708. The fourth-order valence-corrected chi connectivity index (χ4v) is 3.81. The predicted octanol–water partition coefficient (Wildman–Crippen LogP) is 6.63. The fraction of sp³-hybridized carbons (Fsp3) is 0.538. The molecule has 0 aliphatic rings. The molecule has 0 spiro atoms. The van der Waals surface area contributed by atoms with E-state index in [1.807, 2.05) is 0 Å². The Morgan fingerprint density at radius 1 is 0.607 bits per heavy atom. The monoisotopic (exact) mass is 382 g/mol. The van der Waals surface area contributed by atoms with E-state index in [0.29, 0.717) is 26.4 Å². The Hall–Kier alpha value is -1.64. The molecule has 0 aliphatic carbocycles. The molecule has 2 heteroatoms. The average Bonchev–Trinajstić information content (AvgIpc) is 2.55. The molecule has 2 nitrogen and oxygen atoms in total. The van der Waals surface area contributed by atoms with Gasteiger partial charge in [-0.05, 0) is 58.1 Å². The fourth-order valence-electron chi connectivity index (χ4n) is 3.81. The second-order valence-electron chi connectivity index (χ2n) is 9.90. The molecule has 0 aliphatic heterocycles. The third-order valence-electron chi connectivity index (χ3n) is 5.11. The second-order valence-corrected chi connectivity index (χ2v) is 9.90. The van der Waals surface area contributed by atoms with E-state index >= 15 is 0 Å². The largest absolute Gasteiger partial charge is 0.374 e. The van der Waals surface area contributed by atoms with Crippen LogP contribution in [0.2, 0.25) is 0 Å². The molecule has 0 N–H and O–H groups in total. The Kier molecular flexibility index (Phi) is 7.47. The van der Waals surface area contributed by atoms with Crippen LogP contribution in [0.5, 0.6) is 0 Å². The van der Waals surface area contributed by atoms with Crippen molar-refractivity contribution in [2.45, 2.75) is 79.4 Å². The number of hydrogen-bond donors (Lipinski definition) is 0. The first-order valence-electron chi connectivity index (χ1n) is 10.3. The molecular weight excluding hydrogens is 344 g/mol. The lowest BCUT2D eigenvalue weighted by atomic mass is 9.83. The molecule has 0 atom stereocenters. The highest BCUT2D eigenvalue weighted by Crippen LogP contribution is 2.27. The van der Waals surface area contributed by atoms with E-state index in [1.54, 1.807) is 0 Å². The van der Waals surface area contributed by atoms with Gasteiger partial charge in [-0.2, -0.15) is 0 Å². The molecule has 0 fully saturated rings. The Labute approximate surface area is 172 Å². The third-order valence-corrected chi connectivity index (χ3v) is 5.11. The van der Waals surface area contributed by atoms with E-state index in [2.05, 4.69) is 91.8 Å². The van der Waals surface area contributed by atoms with Crippen molar-refractivity contribution in [2.75, 3.05) is 13.2 Å². The van der Waals surface area contributed by atoms with Crippen molar-refractivity contribution >= 4 is 0 Å². The van der Waals surface area contributed by atoms with Crippen LogP contribution >= 0.6 is 0 Å². The maximum absolute atomic E-state index is 5.80. The minimum atomic E-state index is 0.181. The maximum atomic E-state index is 5.80. The summed E-state index contributed by atoms with van der Waals surface area (Å²) in [6, 6.07) is 13.3. The van der Waals surface area contributed by atoms with E-state index in [9.17, 15) is 0 Å². The topological polar surface area (TPSA) is 18.5 Å². The lowest BCUT2D eigenvalue weighted by Gasteiger charge is -2.22. The van der Waals surface area contributed by atoms with Crippen LogP contribution in [0.3, 0.4) is 0 Å². The van der Waals surface area contributed by atoms with Crippen LogP contribution < -0.4 is 0 Å². The highest BCUT2D eigenvalue weighted by molar-refractivity contribution is 5.36. The van der Waals surface area contributed by atoms with Gasteiger partial charge < -0.3 is 9.47 Å². The van der Waals surface area contributed by atoms with Gasteiger partial charge in [0.25, 0.3) is 0 Å². The van der Waals surface area contributed by atoms with Crippen LogP contribution in [0, 0.1) is 13.8 Å². The molecule has 0 saturated carbocycles. The Morgan fingerprint density at radius 2 is 0.964 bits per heavy atom. The SMILES string of the molecule is Cc1cc(COCCOCc2ccc(C(C)(C)C)c(C)c2)ccc1C(C)(C)C. The van der Waals surface area contributed by atoms with Crippen molar-refractivity contribution in [3.63, 3.8) is 0 Å². The Balaban J connectivity index is 1.74. The lowest BCUT2D eigenvalue weighted by molar-refractivity contribution is 0.0338. The molecule has 28 heavy (non-hydrogen) atoms. The van der Waals surface area contributed by atoms with Gasteiger partial charge in [-0.25, -0.2) is 0 Å². The van der Waals surface area contributed by atoms with Crippen LogP contribution in [0.1, 0.15) is 74.9 Å². The molecule has 0 bridgehead atoms. The first-order chi connectivity index (χ1) is 13.0. The van der Waals surface area contributed by atoms with E-state index in [-0.39, 0.29) is 10.8 Å². The number of aryl methyl sites for hydroxylation is 2. The molecule has 2 aromatic carbocycles. The van der Waals surface area contributed by atoms with Crippen molar-refractivity contribution in [3.05, 3.63) is 69.8 Å². The van der Waals surface area contributed by atoms with Crippen molar-refractivity contribution < 1.29 is 9.47 Å². The van der Waals surface area contributed by atoms with Gasteiger partial charge in [0.1, 0.15) is 0 Å². The number of benzene rings is 2. The molecule has 2 aromatic rings. The zero-order valence-corrected chi connectivity index (χ0v) is 19.1. The first kappa shape index (κ1) is 22.6. The highest BCUT2D eigenvalue weighted by atomic mass is 16.5. The van der Waals surface area contributed by atoms with Gasteiger partial charge in [-0.15, -0.1) is 0 Å². The summed E-state index contributed by atoms with van der Waals surface area (Å²) in [6.45, 7) is 20.4. The van der Waals surface area contributed by atoms with Crippen LogP contribution in [-0.4, -0.2) is 13.2 Å². The Morgan fingerprint density at radius 3 is 1.25 bits per heavy atom. The van der Waals surface area contributed by atoms with E-state index < -0.39 is 0 Å². The molecule has 0 saturated heterocycles. The third kappa shape index (κ3) is 6.46. The lowest BCUT2D eigenvalue weighted by Crippen LogP contribution is -2.13. The zero-order chi connectivity index (χ0) is 20.9. The molecule has 0 aromatic heterocycles. The number of rotatable bonds is 7. The van der Waals surface area contributed by atoms with Crippen molar-refractivity contribution in [2.24, 2.45) is 0 Å². The molecule has 0 radical (unpaired) electrons. The van der Waals surface area contributed by atoms with Crippen LogP contribution in [0.15, 0.2) is 36.4 Å². The molecule has 0 amide bonds. The summed E-state index contributed by atoms with van der Waals surface area (Å²) in [7, 11) is 0. The van der Waals surface area contributed by atoms with Crippen molar-refractivity contribution in [3.8, 4) is 0 Å². The molecular formula is C26H38O2. The van der Waals surface area contributed by atoms with Crippen LogP contribution in [0.25, 0.3) is 0 Å². The van der Waals surface area contributed by atoms with Crippen LogP contribution in [-0.2, 0) is 33.5 Å². The second kappa shape index (κ2) is 9.24. The smallest absolute Gasteiger partial charge is 0.0718 e. The van der Waals surface area contributed by atoms with Crippen molar-refractivity contribution in [1.82, 2.24) is 0 Å². The summed E-state index contributed by atoms with van der Waals surface area (Å²) in [4.78, 5) is 0. The van der Waals surface area contributed by atoms with Gasteiger partial charge in [0.15, 0.2) is 0 Å². The summed E-state index contributed by atoms with van der Waals surface area (Å²) < 4.78 is 11.6. The minimum absolute atomic E-state index is 0.181. The summed E-state index contributed by atoms with van der Waals surface area (Å²) in [6.07, 6.45) is 0. The van der Waals surface area contributed by atoms with Crippen LogP contribution in [0.4, 0.5) is 0 Å². The minimum Gasteiger partial charge on any atom is -0.374 e.